The fraction of sp³-hybridized carbons (Fsp3) is 0.733. The number of nitrogens with one attached hydrogen (secondary N) is 2. The topological polar surface area (TPSA) is 63.1 Å². The van der Waals surface area contributed by atoms with Gasteiger partial charge in [0, 0.05) is 36.6 Å². The van der Waals surface area contributed by atoms with E-state index in [0.29, 0.717) is 10.9 Å². The zero-order chi connectivity index (χ0) is 15.6. The molecule has 1 aromatic heterocycles. The van der Waals surface area contributed by atoms with Crippen LogP contribution < -0.4 is 10.0 Å². The van der Waals surface area contributed by atoms with Crippen LogP contribution in [0.25, 0.3) is 0 Å². The standard InChI is InChI=1S/C15H27N3O2S/c1-5-12(4)17-21(19,20)15-8-14(9-16-13-6-7-13)18(10-15)11(2)3/h8,10-13,16-17H,5-7,9H2,1-4H3. The molecule has 1 saturated carbocycles. The van der Waals surface area contributed by atoms with Gasteiger partial charge in [-0.25, -0.2) is 13.1 Å². The van der Waals surface area contributed by atoms with E-state index in [1.54, 1.807) is 12.3 Å². The third-order valence-corrected chi connectivity index (χ3v) is 5.45. The zero-order valence-electron chi connectivity index (χ0n) is 13.4. The van der Waals surface area contributed by atoms with Gasteiger partial charge in [0.05, 0.1) is 4.90 Å². The molecule has 6 heteroatoms. The van der Waals surface area contributed by atoms with Crippen LogP contribution in [0.1, 0.15) is 58.7 Å². The molecule has 0 saturated heterocycles. The quantitative estimate of drug-likeness (QED) is 0.774. The van der Waals surface area contributed by atoms with Crippen LogP contribution in [0.2, 0.25) is 0 Å². The summed E-state index contributed by atoms with van der Waals surface area (Å²) >= 11 is 0. The maximum atomic E-state index is 12.4. The first-order valence-corrected chi connectivity index (χ1v) is 9.28. The summed E-state index contributed by atoms with van der Waals surface area (Å²) in [5.41, 5.74) is 1.03. The SMILES string of the molecule is CCC(C)NS(=O)(=O)c1cc(CNC2CC2)n(C(C)C)c1. The number of nitrogens with zero attached hydrogens (tertiary/aromatic N) is 1. The highest BCUT2D eigenvalue weighted by molar-refractivity contribution is 7.89. The Morgan fingerprint density at radius 3 is 2.52 bits per heavy atom. The van der Waals surface area contributed by atoms with E-state index in [1.807, 2.05) is 18.4 Å². The van der Waals surface area contributed by atoms with Gasteiger partial charge in [-0.3, -0.25) is 0 Å². The van der Waals surface area contributed by atoms with Crippen molar-refractivity contribution in [2.24, 2.45) is 0 Å². The van der Waals surface area contributed by atoms with Gasteiger partial charge in [0.25, 0.3) is 0 Å². The molecule has 1 aromatic rings. The van der Waals surface area contributed by atoms with E-state index >= 15 is 0 Å². The molecule has 21 heavy (non-hydrogen) atoms. The molecule has 120 valence electrons. The highest BCUT2D eigenvalue weighted by Crippen LogP contribution is 2.22. The Morgan fingerprint density at radius 2 is 2.00 bits per heavy atom. The molecule has 2 rings (SSSR count). The third-order valence-electron chi connectivity index (χ3n) is 3.89. The molecule has 0 amide bonds. The van der Waals surface area contributed by atoms with E-state index in [-0.39, 0.29) is 12.1 Å². The molecule has 1 aliphatic rings. The van der Waals surface area contributed by atoms with Crippen LogP contribution in [0.5, 0.6) is 0 Å². The third kappa shape index (κ3) is 4.31. The van der Waals surface area contributed by atoms with Crippen molar-refractivity contribution in [3.8, 4) is 0 Å². The monoisotopic (exact) mass is 313 g/mol. The van der Waals surface area contributed by atoms with Crippen LogP contribution >= 0.6 is 0 Å². The lowest BCUT2D eigenvalue weighted by atomic mass is 10.3. The van der Waals surface area contributed by atoms with Gasteiger partial charge in [0.1, 0.15) is 0 Å². The number of aromatic nitrogens is 1. The van der Waals surface area contributed by atoms with E-state index in [9.17, 15) is 8.42 Å². The first-order valence-electron chi connectivity index (χ1n) is 7.80. The van der Waals surface area contributed by atoms with Gasteiger partial charge in [-0.05, 0) is 46.1 Å². The summed E-state index contributed by atoms with van der Waals surface area (Å²) in [5.74, 6) is 0. The van der Waals surface area contributed by atoms with Crippen molar-refractivity contribution in [2.45, 2.75) is 76.5 Å². The summed E-state index contributed by atoms with van der Waals surface area (Å²) in [7, 11) is -3.43. The summed E-state index contributed by atoms with van der Waals surface area (Å²) < 4.78 is 29.6. The lowest BCUT2D eigenvalue weighted by Gasteiger charge is -2.13. The Kier molecular flexibility index (Phi) is 5.11. The first kappa shape index (κ1) is 16.5. The molecule has 1 atom stereocenters. The predicted molar refractivity (Wildman–Crippen MR) is 84.8 cm³/mol. The molecule has 1 fully saturated rings. The maximum absolute atomic E-state index is 12.4. The van der Waals surface area contributed by atoms with Crippen molar-refractivity contribution in [3.63, 3.8) is 0 Å². The fourth-order valence-corrected chi connectivity index (χ4v) is 3.59. The normalized spacial score (nSPS) is 17.4. The minimum Gasteiger partial charge on any atom is -0.346 e. The second-order valence-electron chi connectivity index (χ2n) is 6.25. The van der Waals surface area contributed by atoms with E-state index in [0.717, 1.165) is 18.7 Å². The largest absolute Gasteiger partial charge is 0.346 e. The number of hydrogen-bond acceptors (Lipinski definition) is 3. The van der Waals surface area contributed by atoms with Gasteiger partial charge < -0.3 is 9.88 Å². The minimum atomic E-state index is -3.43. The number of hydrogen-bond donors (Lipinski definition) is 2. The molecule has 1 unspecified atom stereocenters. The summed E-state index contributed by atoms with van der Waals surface area (Å²) in [6.45, 7) is 8.71. The molecule has 0 bridgehead atoms. The Labute approximate surface area is 128 Å². The molecule has 0 aliphatic heterocycles. The van der Waals surface area contributed by atoms with E-state index in [1.165, 1.54) is 12.8 Å². The average molecular weight is 313 g/mol. The Bertz CT molecular complexity index is 574. The first-order chi connectivity index (χ1) is 9.83. The molecular weight excluding hydrogens is 286 g/mol. The molecule has 1 heterocycles. The van der Waals surface area contributed by atoms with E-state index in [2.05, 4.69) is 23.9 Å². The zero-order valence-corrected chi connectivity index (χ0v) is 14.2. The average Bonchev–Trinajstić information content (AvgIpc) is 3.12. The minimum absolute atomic E-state index is 0.0505. The summed E-state index contributed by atoms with van der Waals surface area (Å²) in [5, 5.41) is 3.45. The molecule has 5 nitrogen and oxygen atoms in total. The summed E-state index contributed by atoms with van der Waals surface area (Å²) in [6.07, 6.45) is 4.98. The molecular formula is C15H27N3O2S. The van der Waals surface area contributed by atoms with Crippen molar-refractivity contribution in [1.82, 2.24) is 14.6 Å². The Balaban J connectivity index is 2.20. The molecule has 0 spiro atoms. The van der Waals surface area contributed by atoms with Gasteiger partial charge in [-0.15, -0.1) is 0 Å². The molecule has 0 radical (unpaired) electrons. The lowest BCUT2D eigenvalue weighted by Crippen LogP contribution is -2.31. The van der Waals surface area contributed by atoms with Crippen molar-refractivity contribution in [2.75, 3.05) is 0 Å². The van der Waals surface area contributed by atoms with Gasteiger partial charge in [-0.1, -0.05) is 6.92 Å². The fourth-order valence-electron chi connectivity index (χ4n) is 2.22. The van der Waals surface area contributed by atoms with Crippen molar-refractivity contribution in [1.29, 1.82) is 0 Å². The molecule has 1 aliphatic carbocycles. The van der Waals surface area contributed by atoms with Gasteiger partial charge in [0.15, 0.2) is 0 Å². The Morgan fingerprint density at radius 1 is 1.33 bits per heavy atom. The Hall–Kier alpha value is -0.850. The second kappa shape index (κ2) is 6.50. The summed E-state index contributed by atoms with van der Waals surface area (Å²) in [6, 6.07) is 2.60. The van der Waals surface area contributed by atoms with Crippen LogP contribution in [0.4, 0.5) is 0 Å². The van der Waals surface area contributed by atoms with Crippen LogP contribution in [-0.4, -0.2) is 25.1 Å². The lowest BCUT2D eigenvalue weighted by molar-refractivity contribution is 0.546. The maximum Gasteiger partial charge on any atom is 0.242 e. The number of sulfonamides is 1. The predicted octanol–water partition coefficient (Wildman–Crippen LogP) is 2.40. The number of rotatable bonds is 8. The van der Waals surface area contributed by atoms with Gasteiger partial charge in [-0.2, -0.15) is 0 Å². The molecule has 2 N–H and O–H groups in total. The van der Waals surface area contributed by atoms with Crippen molar-refractivity contribution >= 4 is 10.0 Å². The van der Waals surface area contributed by atoms with Crippen LogP contribution in [0, 0.1) is 0 Å². The van der Waals surface area contributed by atoms with Crippen LogP contribution in [-0.2, 0) is 16.6 Å². The highest BCUT2D eigenvalue weighted by atomic mass is 32.2. The smallest absolute Gasteiger partial charge is 0.242 e. The van der Waals surface area contributed by atoms with Gasteiger partial charge in [0.2, 0.25) is 10.0 Å². The van der Waals surface area contributed by atoms with Gasteiger partial charge >= 0.3 is 0 Å². The van der Waals surface area contributed by atoms with Crippen LogP contribution in [0.3, 0.4) is 0 Å². The van der Waals surface area contributed by atoms with Crippen molar-refractivity contribution in [3.05, 3.63) is 18.0 Å². The molecule has 0 aromatic carbocycles. The van der Waals surface area contributed by atoms with E-state index < -0.39 is 10.0 Å². The van der Waals surface area contributed by atoms with E-state index in [4.69, 9.17) is 0 Å². The second-order valence-corrected chi connectivity index (χ2v) is 7.97. The van der Waals surface area contributed by atoms with Crippen molar-refractivity contribution < 1.29 is 8.42 Å². The summed E-state index contributed by atoms with van der Waals surface area (Å²) in [4.78, 5) is 0.365. The highest BCUT2D eigenvalue weighted by Gasteiger charge is 2.23. The van der Waals surface area contributed by atoms with Crippen LogP contribution in [0.15, 0.2) is 17.2 Å².